The van der Waals surface area contributed by atoms with E-state index in [9.17, 15) is 14.7 Å². The van der Waals surface area contributed by atoms with E-state index in [0.717, 1.165) is 67.3 Å². The van der Waals surface area contributed by atoms with Crippen LogP contribution in [0.2, 0.25) is 0 Å². The highest BCUT2D eigenvalue weighted by atomic mass is 32.1. The van der Waals surface area contributed by atoms with Gasteiger partial charge in [-0.25, -0.2) is 14.8 Å². The van der Waals surface area contributed by atoms with E-state index < -0.39 is 5.97 Å². The molecule has 6 rings (SSSR count). The SMILES string of the molecule is C/C(=C\C(=O)O)c1cc(/C=C/C(=O)N2CCOCC2)c(-c2ccc3nc(-c4sc(C)nc4C)ccc3c2)c(C2CCCCC2)c1. The Morgan fingerprint density at radius 2 is 1.78 bits per heavy atom. The fourth-order valence-corrected chi connectivity index (χ4v) is 7.50. The molecule has 0 radical (unpaired) electrons. The van der Waals surface area contributed by atoms with Crippen molar-refractivity contribution in [1.82, 2.24) is 14.9 Å². The highest BCUT2D eigenvalue weighted by Crippen LogP contribution is 2.42. The summed E-state index contributed by atoms with van der Waals surface area (Å²) in [5.74, 6) is -0.668. The van der Waals surface area contributed by atoms with Gasteiger partial charge in [0.15, 0.2) is 0 Å². The smallest absolute Gasteiger partial charge is 0.328 e. The van der Waals surface area contributed by atoms with E-state index >= 15 is 0 Å². The second-order valence-corrected chi connectivity index (χ2v) is 13.3. The minimum Gasteiger partial charge on any atom is -0.478 e. The summed E-state index contributed by atoms with van der Waals surface area (Å²) in [6.45, 7) is 8.11. The van der Waals surface area contributed by atoms with E-state index in [1.807, 2.05) is 37.8 Å². The van der Waals surface area contributed by atoms with Crippen LogP contribution in [0.15, 0.2) is 54.6 Å². The average molecular weight is 622 g/mol. The molecule has 3 heterocycles. The quantitative estimate of drug-likeness (QED) is 0.210. The number of aliphatic carboxylic acids is 1. The molecule has 1 aliphatic carbocycles. The molecule has 2 aliphatic rings. The van der Waals surface area contributed by atoms with Crippen LogP contribution < -0.4 is 0 Å². The molecule has 2 fully saturated rings. The molecule has 1 saturated heterocycles. The fourth-order valence-electron chi connectivity index (χ4n) is 6.61. The van der Waals surface area contributed by atoms with E-state index in [-0.39, 0.29) is 5.91 Å². The molecule has 1 amide bonds. The van der Waals surface area contributed by atoms with Gasteiger partial charge >= 0.3 is 5.97 Å². The minimum absolute atomic E-state index is 0.0458. The number of rotatable bonds is 7. The standard InChI is InChI=1S/C37H39N3O4S/c1-23(19-35(42)43)30-21-29(11-14-34(41)40-15-17-44-18-16-40)36(31(22-30)26-7-5-4-6-8-26)28-10-12-32-27(20-28)9-13-33(39-32)37-24(2)38-25(3)45-37/h9-14,19-22,26H,4-8,15-18H2,1-3H3,(H,42,43)/b14-11+,23-19+. The topological polar surface area (TPSA) is 92.6 Å². The van der Waals surface area contributed by atoms with Crippen molar-refractivity contribution in [1.29, 1.82) is 0 Å². The van der Waals surface area contributed by atoms with Gasteiger partial charge in [0, 0.05) is 30.6 Å². The van der Waals surface area contributed by atoms with Gasteiger partial charge < -0.3 is 14.7 Å². The van der Waals surface area contributed by atoms with Crippen molar-refractivity contribution < 1.29 is 19.4 Å². The van der Waals surface area contributed by atoms with Crippen LogP contribution in [0.1, 0.15) is 72.3 Å². The van der Waals surface area contributed by atoms with Gasteiger partial charge in [0.25, 0.3) is 0 Å². The van der Waals surface area contributed by atoms with Crippen LogP contribution in [-0.4, -0.2) is 58.2 Å². The zero-order chi connectivity index (χ0) is 31.5. The molecule has 8 heteroatoms. The van der Waals surface area contributed by atoms with E-state index in [4.69, 9.17) is 9.72 Å². The number of hydrogen-bond acceptors (Lipinski definition) is 6. The van der Waals surface area contributed by atoms with Gasteiger partial charge in [-0.3, -0.25) is 4.79 Å². The van der Waals surface area contributed by atoms with Crippen molar-refractivity contribution in [2.75, 3.05) is 26.3 Å². The number of allylic oxidation sites excluding steroid dienone is 1. The maximum atomic E-state index is 13.2. The fraction of sp³-hybridized carbons (Fsp3) is 0.351. The molecule has 0 unspecified atom stereocenters. The highest BCUT2D eigenvalue weighted by molar-refractivity contribution is 7.15. The molecule has 0 atom stereocenters. The van der Waals surface area contributed by atoms with Gasteiger partial charge in [0.05, 0.1) is 40.0 Å². The Bertz CT molecular complexity index is 1810. The second kappa shape index (κ2) is 13.5. The number of amides is 1. The highest BCUT2D eigenvalue weighted by Gasteiger charge is 2.23. The first-order valence-corrected chi connectivity index (χ1v) is 16.6. The molecular weight excluding hydrogens is 582 g/mol. The van der Waals surface area contributed by atoms with Crippen molar-refractivity contribution in [2.45, 2.75) is 58.8 Å². The monoisotopic (exact) mass is 621 g/mol. The normalized spacial score (nSPS) is 16.5. The van der Waals surface area contributed by atoms with Crippen LogP contribution in [0.25, 0.3) is 44.3 Å². The van der Waals surface area contributed by atoms with Crippen LogP contribution in [0.3, 0.4) is 0 Å². The Morgan fingerprint density at radius 3 is 2.49 bits per heavy atom. The van der Waals surface area contributed by atoms with Gasteiger partial charge in [-0.15, -0.1) is 11.3 Å². The summed E-state index contributed by atoms with van der Waals surface area (Å²) in [4.78, 5) is 37.3. The molecule has 45 heavy (non-hydrogen) atoms. The molecule has 1 saturated carbocycles. The number of carbonyl (C=O) groups is 2. The lowest BCUT2D eigenvalue weighted by Gasteiger charge is -2.27. The summed E-state index contributed by atoms with van der Waals surface area (Å²) in [7, 11) is 0. The summed E-state index contributed by atoms with van der Waals surface area (Å²) < 4.78 is 5.44. The number of aromatic nitrogens is 2. The molecule has 0 spiro atoms. The van der Waals surface area contributed by atoms with Crippen LogP contribution in [-0.2, 0) is 14.3 Å². The first-order chi connectivity index (χ1) is 21.8. The molecular formula is C37H39N3O4S. The van der Waals surface area contributed by atoms with E-state index in [0.29, 0.717) is 37.8 Å². The van der Waals surface area contributed by atoms with Gasteiger partial charge in [-0.05, 0) is 103 Å². The number of pyridine rings is 1. The predicted molar refractivity (Wildman–Crippen MR) is 181 cm³/mol. The third-order valence-corrected chi connectivity index (χ3v) is 9.98. The van der Waals surface area contributed by atoms with Gasteiger partial charge in [-0.2, -0.15) is 0 Å². The Morgan fingerprint density at radius 1 is 1.00 bits per heavy atom. The van der Waals surface area contributed by atoms with Crippen LogP contribution in [0.4, 0.5) is 0 Å². The molecule has 2 aromatic carbocycles. The lowest BCUT2D eigenvalue weighted by atomic mass is 9.78. The number of aryl methyl sites for hydroxylation is 2. The summed E-state index contributed by atoms with van der Waals surface area (Å²) in [6, 6.07) is 14.8. The lowest BCUT2D eigenvalue weighted by molar-refractivity contribution is -0.131. The van der Waals surface area contributed by atoms with Crippen LogP contribution in [0, 0.1) is 13.8 Å². The lowest BCUT2D eigenvalue weighted by Crippen LogP contribution is -2.39. The molecule has 4 aromatic rings. The van der Waals surface area contributed by atoms with Gasteiger partial charge in [0.2, 0.25) is 5.91 Å². The van der Waals surface area contributed by atoms with Gasteiger partial charge in [-0.1, -0.05) is 37.5 Å². The molecule has 2 aromatic heterocycles. The van der Waals surface area contributed by atoms with E-state index in [1.165, 1.54) is 30.9 Å². The van der Waals surface area contributed by atoms with Crippen LogP contribution in [0.5, 0.6) is 0 Å². The van der Waals surface area contributed by atoms with E-state index in [1.54, 1.807) is 17.4 Å². The number of ether oxygens (including phenoxy) is 1. The number of fused-ring (bicyclic) bond motifs is 1. The summed E-state index contributed by atoms with van der Waals surface area (Å²) in [5, 5.41) is 11.6. The number of carbonyl (C=O) groups excluding carboxylic acids is 1. The number of carboxylic acids is 1. The minimum atomic E-state index is -0.972. The first-order valence-electron chi connectivity index (χ1n) is 15.8. The van der Waals surface area contributed by atoms with Crippen molar-refractivity contribution >= 4 is 45.8 Å². The number of benzene rings is 2. The van der Waals surface area contributed by atoms with Crippen molar-refractivity contribution in [2.24, 2.45) is 0 Å². The number of nitrogens with zero attached hydrogens (tertiary/aromatic N) is 3. The summed E-state index contributed by atoms with van der Waals surface area (Å²) in [6.07, 6.45) is 10.6. The number of morpholine rings is 1. The Hall–Kier alpha value is -4.14. The van der Waals surface area contributed by atoms with Crippen molar-refractivity contribution in [3.05, 3.63) is 82.0 Å². The zero-order valence-corrected chi connectivity index (χ0v) is 27.0. The van der Waals surface area contributed by atoms with Crippen molar-refractivity contribution in [3.63, 3.8) is 0 Å². The molecule has 232 valence electrons. The van der Waals surface area contributed by atoms with Crippen LogP contribution >= 0.6 is 11.3 Å². The number of carboxylic acid groups (broad SMARTS) is 1. The van der Waals surface area contributed by atoms with Gasteiger partial charge in [0.1, 0.15) is 0 Å². The molecule has 1 N–H and O–H groups in total. The van der Waals surface area contributed by atoms with E-state index in [2.05, 4.69) is 41.4 Å². The first kappa shape index (κ1) is 30.9. The van der Waals surface area contributed by atoms with Crippen molar-refractivity contribution in [3.8, 4) is 21.7 Å². The summed E-state index contributed by atoms with van der Waals surface area (Å²) in [5.41, 5.74) is 8.66. The predicted octanol–water partition coefficient (Wildman–Crippen LogP) is 8.05. The second-order valence-electron chi connectivity index (χ2n) is 12.1. The number of thiazole rings is 1. The Kier molecular flexibility index (Phi) is 9.24. The number of hydrogen-bond donors (Lipinski definition) is 1. The molecule has 0 bridgehead atoms. The third-order valence-electron chi connectivity index (χ3n) is 8.88. The summed E-state index contributed by atoms with van der Waals surface area (Å²) >= 11 is 1.66. The maximum Gasteiger partial charge on any atom is 0.328 e. The molecule has 1 aliphatic heterocycles. The average Bonchev–Trinajstić information content (AvgIpc) is 3.40. The molecule has 7 nitrogen and oxygen atoms in total. The zero-order valence-electron chi connectivity index (χ0n) is 26.1. The maximum absolute atomic E-state index is 13.2. The largest absolute Gasteiger partial charge is 0.478 e. The third kappa shape index (κ3) is 6.92. The Balaban J connectivity index is 1.49. The Labute approximate surface area is 268 Å².